The SMILES string of the molecule is O=C(O)[C@@H]1OCCC1(F)F. The summed E-state index contributed by atoms with van der Waals surface area (Å²) in [5.41, 5.74) is 0. The molecule has 1 rings (SSSR count). The second-order valence-corrected chi connectivity index (χ2v) is 2.10. The Morgan fingerprint density at radius 2 is 2.30 bits per heavy atom. The predicted molar refractivity (Wildman–Crippen MR) is 26.9 cm³/mol. The van der Waals surface area contributed by atoms with Gasteiger partial charge in [-0.05, 0) is 0 Å². The van der Waals surface area contributed by atoms with Gasteiger partial charge in [0.2, 0.25) is 6.10 Å². The summed E-state index contributed by atoms with van der Waals surface area (Å²) < 4.78 is 29.0. The lowest BCUT2D eigenvalue weighted by Crippen LogP contribution is -2.35. The first kappa shape index (κ1) is 7.40. The molecule has 0 saturated carbocycles. The van der Waals surface area contributed by atoms with Crippen molar-refractivity contribution >= 4 is 5.97 Å². The van der Waals surface area contributed by atoms with Crippen LogP contribution in [0.5, 0.6) is 0 Å². The Hall–Kier alpha value is -0.710. The molecule has 0 aromatic carbocycles. The van der Waals surface area contributed by atoms with Crippen LogP contribution in [0.3, 0.4) is 0 Å². The quantitative estimate of drug-likeness (QED) is 0.594. The molecule has 1 atom stereocenters. The van der Waals surface area contributed by atoms with Gasteiger partial charge in [0.1, 0.15) is 0 Å². The summed E-state index contributed by atoms with van der Waals surface area (Å²) in [6.45, 7) is -0.177. The molecule has 10 heavy (non-hydrogen) atoms. The zero-order chi connectivity index (χ0) is 7.78. The second-order valence-electron chi connectivity index (χ2n) is 2.10. The highest BCUT2D eigenvalue weighted by molar-refractivity contribution is 5.74. The second kappa shape index (κ2) is 2.16. The Bertz CT molecular complexity index is 157. The molecule has 5 heteroatoms. The molecule has 1 aliphatic rings. The van der Waals surface area contributed by atoms with Gasteiger partial charge in [-0.15, -0.1) is 0 Å². The molecule has 0 aromatic rings. The summed E-state index contributed by atoms with van der Waals surface area (Å²) in [5, 5.41) is 8.14. The standard InChI is InChI=1S/C5H6F2O3/c6-5(7)1-2-10-3(5)4(8)9/h3H,1-2H2,(H,8,9)/t3-/m0/s1. The van der Waals surface area contributed by atoms with Gasteiger partial charge in [-0.2, -0.15) is 0 Å². The number of carboxylic acids is 1. The number of rotatable bonds is 1. The maximum Gasteiger partial charge on any atom is 0.339 e. The van der Waals surface area contributed by atoms with Gasteiger partial charge in [0.05, 0.1) is 6.61 Å². The fourth-order valence-corrected chi connectivity index (χ4v) is 0.818. The van der Waals surface area contributed by atoms with Gasteiger partial charge < -0.3 is 9.84 Å². The third-order valence-corrected chi connectivity index (χ3v) is 1.33. The summed E-state index contributed by atoms with van der Waals surface area (Å²) in [6.07, 6.45) is -2.43. The Labute approximate surface area is 55.6 Å². The van der Waals surface area contributed by atoms with Gasteiger partial charge in [-0.1, -0.05) is 0 Å². The summed E-state index contributed by atoms with van der Waals surface area (Å²) in [6, 6.07) is 0. The fraction of sp³-hybridized carbons (Fsp3) is 0.800. The van der Waals surface area contributed by atoms with E-state index in [-0.39, 0.29) is 6.61 Å². The maximum absolute atomic E-state index is 12.4. The van der Waals surface area contributed by atoms with E-state index in [0.29, 0.717) is 0 Å². The molecule has 1 aliphatic heterocycles. The zero-order valence-electron chi connectivity index (χ0n) is 5.01. The highest BCUT2D eigenvalue weighted by Gasteiger charge is 2.49. The third kappa shape index (κ3) is 1.09. The van der Waals surface area contributed by atoms with E-state index in [0.717, 1.165) is 0 Å². The molecule has 0 aliphatic carbocycles. The summed E-state index contributed by atoms with van der Waals surface area (Å²) in [5.74, 6) is -4.78. The molecular weight excluding hydrogens is 146 g/mol. The lowest BCUT2D eigenvalue weighted by molar-refractivity contribution is -0.161. The van der Waals surface area contributed by atoms with Crippen molar-refractivity contribution in [2.24, 2.45) is 0 Å². The van der Waals surface area contributed by atoms with Crippen molar-refractivity contribution in [3.63, 3.8) is 0 Å². The summed E-state index contributed by atoms with van der Waals surface area (Å²) in [4.78, 5) is 10.0. The molecule has 1 saturated heterocycles. The van der Waals surface area contributed by atoms with Crippen LogP contribution < -0.4 is 0 Å². The van der Waals surface area contributed by atoms with Crippen LogP contribution in [0.2, 0.25) is 0 Å². The Morgan fingerprint density at radius 1 is 1.70 bits per heavy atom. The zero-order valence-corrected chi connectivity index (χ0v) is 5.01. The molecule has 0 amide bonds. The molecule has 58 valence electrons. The van der Waals surface area contributed by atoms with E-state index in [4.69, 9.17) is 5.11 Å². The molecule has 1 N–H and O–H groups in total. The van der Waals surface area contributed by atoms with Crippen molar-refractivity contribution in [2.45, 2.75) is 18.4 Å². The predicted octanol–water partition coefficient (Wildman–Crippen LogP) is 0.495. The molecule has 1 heterocycles. The van der Waals surface area contributed by atoms with Crippen LogP contribution in [-0.4, -0.2) is 29.7 Å². The average molecular weight is 152 g/mol. The maximum atomic E-state index is 12.4. The van der Waals surface area contributed by atoms with Crippen LogP contribution in [0.1, 0.15) is 6.42 Å². The van der Waals surface area contributed by atoms with Crippen molar-refractivity contribution < 1.29 is 23.4 Å². The number of carboxylic acid groups (broad SMARTS) is 1. The Morgan fingerprint density at radius 3 is 2.50 bits per heavy atom. The molecule has 0 aromatic heterocycles. The monoisotopic (exact) mass is 152 g/mol. The topological polar surface area (TPSA) is 46.5 Å². The van der Waals surface area contributed by atoms with Crippen molar-refractivity contribution in [3.8, 4) is 0 Å². The minimum Gasteiger partial charge on any atom is -0.479 e. The van der Waals surface area contributed by atoms with Gasteiger partial charge >= 0.3 is 5.97 Å². The molecule has 0 unspecified atom stereocenters. The van der Waals surface area contributed by atoms with Crippen LogP contribution in [0.4, 0.5) is 8.78 Å². The van der Waals surface area contributed by atoms with Gasteiger partial charge in [-0.25, -0.2) is 13.6 Å². The first-order valence-corrected chi connectivity index (χ1v) is 2.76. The molecule has 1 fully saturated rings. The first-order valence-electron chi connectivity index (χ1n) is 2.76. The van der Waals surface area contributed by atoms with Crippen LogP contribution in [0.25, 0.3) is 0 Å². The highest BCUT2D eigenvalue weighted by Crippen LogP contribution is 2.31. The van der Waals surface area contributed by atoms with Crippen molar-refractivity contribution in [1.82, 2.24) is 0 Å². The van der Waals surface area contributed by atoms with Gasteiger partial charge in [0.15, 0.2) is 0 Å². The minimum absolute atomic E-state index is 0.177. The number of aliphatic carboxylic acids is 1. The smallest absolute Gasteiger partial charge is 0.339 e. The van der Waals surface area contributed by atoms with E-state index in [1.807, 2.05) is 0 Å². The number of alkyl halides is 2. The van der Waals surface area contributed by atoms with Gasteiger partial charge in [0, 0.05) is 6.42 Å². The molecule has 0 spiro atoms. The van der Waals surface area contributed by atoms with E-state index in [1.54, 1.807) is 0 Å². The lowest BCUT2D eigenvalue weighted by atomic mass is 10.2. The van der Waals surface area contributed by atoms with Gasteiger partial charge in [0.25, 0.3) is 5.92 Å². The van der Waals surface area contributed by atoms with Crippen molar-refractivity contribution in [2.75, 3.05) is 6.61 Å². The van der Waals surface area contributed by atoms with E-state index in [1.165, 1.54) is 0 Å². The van der Waals surface area contributed by atoms with Crippen molar-refractivity contribution in [3.05, 3.63) is 0 Å². The van der Waals surface area contributed by atoms with Crippen LogP contribution in [0.15, 0.2) is 0 Å². The van der Waals surface area contributed by atoms with E-state index < -0.39 is 24.4 Å². The fourth-order valence-electron chi connectivity index (χ4n) is 0.818. The molecule has 3 nitrogen and oxygen atoms in total. The highest BCUT2D eigenvalue weighted by atomic mass is 19.3. The molecule has 0 bridgehead atoms. The van der Waals surface area contributed by atoms with E-state index in [2.05, 4.69) is 4.74 Å². The van der Waals surface area contributed by atoms with Crippen molar-refractivity contribution in [1.29, 1.82) is 0 Å². The number of halogens is 2. The Balaban J connectivity index is 2.68. The minimum atomic E-state index is -3.19. The lowest BCUT2D eigenvalue weighted by Gasteiger charge is -2.11. The number of hydrogen-bond donors (Lipinski definition) is 1. The Kier molecular flexibility index (Phi) is 1.60. The van der Waals surface area contributed by atoms with Gasteiger partial charge in [-0.3, -0.25) is 0 Å². The molecular formula is C5H6F2O3. The number of hydrogen-bond acceptors (Lipinski definition) is 2. The largest absolute Gasteiger partial charge is 0.479 e. The van der Waals surface area contributed by atoms with Crippen LogP contribution in [-0.2, 0) is 9.53 Å². The number of carbonyl (C=O) groups is 1. The number of ether oxygens (including phenoxy) is 1. The van der Waals surface area contributed by atoms with E-state index in [9.17, 15) is 13.6 Å². The van der Waals surface area contributed by atoms with Crippen LogP contribution in [0, 0.1) is 0 Å². The summed E-state index contributed by atoms with van der Waals surface area (Å²) >= 11 is 0. The third-order valence-electron chi connectivity index (χ3n) is 1.33. The van der Waals surface area contributed by atoms with Crippen LogP contribution >= 0.6 is 0 Å². The average Bonchev–Trinajstić information content (AvgIpc) is 2.08. The first-order chi connectivity index (χ1) is 4.54. The summed E-state index contributed by atoms with van der Waals surface area (Å²) in [7, 11) is 0. The normalized spacial score (nSPS) is 30.4. The molecule has 0 radical (unpaired) electrons. The van der Waals surface area contributed by atoms with E-state index >= 15 is 0 Å².